The minimum absolute atomic E-state index is 0.109. The standard InChI is InChI=1S/C12H16N2O3S/c1-8-3-4-9(10(5-8)16-2)17-7-12(15)14-6-11(13)18/h3-5H,6-7H2,1-2H3,(H2,13,18)(H,14,15). The van der Waals surface area contributed by atoms with Crippen molar-refractivity contribution in [1.82, 2.24) is 5.32 Å². The minimum Gasteiger partial charge on any atom is -0.493 e. The highest BCUT2D eigenvalue weighted by Gasteiger charge is 2.07. The number of amides is 1. The summed E-state index contributed by atoms with van der Waals surface area (Å²) in [6, 6.07) is 5.47. The molecule has 0 aliphatic rings. The number of methoxy groups -OCH3 is 1. The van der Waals surface area contributed by atoms with E-state index < -0.39 is 0 Å². The molecule has 0 heterocycles. The number of nitrogens with one attached hydrogen (secondary N) is 1. The lowest BCUT2D eigenvalue weighted by molar-refractivity contribution is -0.122. The van der Waals surface area contributed by atoms with Gasteiger partial charge in [-0.1, -0.05) is 18.3 Å². The number of carbonyl (C=O) groups is 1. The van der Waals surface area contributed by atoms with E-state index in [9.17, 15) is 4.79 Å². The van der Waals surface area contributed by atoms with E-state index in [4.69, 9.17) is 15.2 Å². The van der Waals surface area contributed by atoms with E-state index in [1.165, 1.54) is 0 Å². The summed E-state index contributed by atoms with van der Waals surface area (Å²) in [4.78, 5) is 11.6. The minimum atomic E-state index is -0.287. The molecule has 0 fully saturated rings. The molecule has 1 aromatic rings. The van der Waals surface area contributed by atoms with E-state index in [0.717, 1.165) is 5.56 Å². The van der Waals surface area contributed by atoms with Gasteiger partial charge in [-0.25, -0.2) is 0 Å². The lowest BCUT2D eigenvalue weighted by Gasteiger charge is -2.11. The van der Waals surface area contributed by atoms with Crippen molar-refractivity contribution >= 4 is 23.1 Å². The second-order valence-corrected chi connectivity index (χ2v) is 4.21. The van der Waals surface area contributed by atoms with E-state index in [0.29, 0.717) is 11.5 Å². The normalized spacial score (nSPS) is 9.67. The molecule has 5 nitrogen and oxygen atoms in total. The Labute approximate surface area is 111 Å². The predicted molar refractivity (Wildman–Crippen MR) is 73.0 cm³/mol. The molecule has 0 aliphatic carbocycles. The molecule has 0 unspecified atom stereocenters. The van der Waals surface area contributed by atoms with Crippen LogP contribution in [0.2, 0.25) is 0 Å². The Kier molecular flexibility index (Phi) is 5.38. The monoisotopic (exact) mass is 268 g/mol. The van der Waals surface area contributed by atoms with Crippen LogP contribution in [-0.2, 0) is 4.79 Å². The van der Waals surface area contributed by atoms with Crippen molar-refractivity contribution in [2.45, 2.75) is 6.92 Å². The molecule has 98 valence electrons. The Balaban J connectivity index is 2.52. The first kappa shape index (κ1) is 14.2. The molecule has 0 atom stereocenters. The summed E-state index contributed by atoms with van der Waals surface area (Å²) in [6.07, 6.45) is 0. The third-order valence-electron chi connectivity index (χ3n) is 2.14. The van der Waals surface area contributed by atoms with Gasteiger partial charge in [-0.2, -0.15) is 0 Å². The van der Waals surface area contributed by atoms with Crippen molar-refractivity contribution in [2.75, 3.05) is 20.3 Å². The SMILES string of the molecule is COc1cc(C)ccc1OCC(=O)NCC(N)=S. The van der Waals surface area contributed by atoms with Crippen LogP contribution in [0, 0.1) is 6.92 Å². The van der Waals surface area contributed by atoms with Gasteiger partial charge < -0.3 is 20.5 Å². The van der Waals surface area contributed by atoms with Crippen molar-refractivity contribution in [3.63, 3.8) is 0 Å². The highest BCUT2D eigenvalue weighted by atomic mass is 32.1. The van der Waals surface area contributed by atoms with Crippen molar-refractivity contribution in [1.29, 1.82) is 0 Å². The summed E-state index contributed by atoms with van der Waals surface area (Å²) in [5.74, 6) is 0.830. The Morgan fingerprint density at radius 1 is 1.44 bits per heavy atom. The van der Waals surface area contributed by atoms with E-state index in [-0.39, 0.29) is 24.0 Å². The average molecular weight is 268 g/mol. The van der Waals surface area contributed by atoms with Gasteiger partial charge in [-0.15, -0.1) is 0 Å². The number of rotatable bonds is 6. The Morgan fingerprint density at radius 2 is 2.17 bits per heavy atom. The van der Waals surface area contributed by atoms with Crippen molar-refractivity contribution in [3.05, 3.63) is 23.8 Å². The number of aryl methyl sites for hydroxylation is 1. The van der Waals surface area contributed by atoms with Crippen LogP contribution in [0.25, 0.3) is 0 Å². The maximum atomic E-state index is 11.4. The quantitative estimate of drug-likeness (QED) is 0.746. The largest absolute Gasteiger partial charge is 0.493 e. The molecule has 1 amide bonds. The first-order valence-corrected chi connectivity index (χ1v) is 5.76. The zero-order valence-corrected chi connectivity index (χ0v) is 11.2. The molecule has 0 aliphatic heterocycles. The summed E-state index contributed by atoms with van der Waals surface area (Å²) < 4.78 is 10.5. The van der Waals surface area contributed by atoms with Gasteiger partial charge >= 0.3 is 0 Å². The Hall–Kier alpha value is -1.82. The van der Waals surface area contributed by atoms with Crippen LogP contribution in [0.3, 0.4) is 0 Å². The molecule has 1 rings (SSSR count). The molecule has 0 radical (unpaired) electrons. The maximum absolute atomic E-state index is 11.4. The molecule has 3 N–H and O–H groups in total. The molecule has 0 saturated heterocycles. The molecule has 1 aromatic carbocycles. The first-order valence-electron chi connectivity index (χ1n) is 5.35. The van der Waals surface area contributed by atoms with Gasteiger partial charge in [0.15, 0.2) is 18.1 Å². The molecule has 6 heteroatoms. The smallest absolute Gasteiger partial charge is 0.258 e. The summed E-state index contributed by atoms with van der Waals surface area (Å²) in [5.41, 5.74) is 6.32. The fraction of sp³-hybridized carbons (Fsp3) is 0.333. The van der Waals surface area contributed by atoms with Crippen LogP contribution < -0.4 is 20.5 Å². The maximum Gasteiger partial charge on any atom is 0.258 e. The highest BCUT2D eigenvalue weighted by Crippen LogP contribution is 2.27. The second-order valence-electron chi connectivity index (χ2n) is 3.69. The second kappa shape index (κ2) is 6.80. The Bertz CT molecular complexity index is 449. The third-order valence-corrected chi connectivity index (χ3v) is 2.28. The van der Waals surface area contributed by atoms with Crippen molar-refractivity contribution in [2.24, 2.45) is 5.73 Å². The molecule has 0 bridgehead atoms. The first-order chi connectivity index (χ1) is 8.52. The van der Waals surface area contributed by atoms with Gasteiger partial charge in [0, 0.05) is 0 Å². The number of hydrogen-bond donors (Lipinski definition) is 2. The molecular formula is C12H16N2O3S. The van der Waals surface area contributed by atoms with E-state index in [1.54, 1.807) is 13.2 Å². The summed E-state index contributed by atoms with van der Waals surface area (Å²) in [7, 11) is 1.55. The predicted octanol–water partition coefficient (Wildman–Crippen LogP) is 0.785. The van der Waals surface area contributed by atoms with Crippen LogP contribution in [0.5, 0.6) is 11.5 Å². The number of benzene rings is 1. The zero-order chi connectivity index (χ0) is 13.5. The molecule has 0 spiro atoms. The van der Waals surface area contributed by atoms with Crippen LogP contribution >= 0.6 is 12.2 Å². The van der Waals surface area contributed by atoms with Gasteiger partial charge in [0.05, 0.1) is 18.6 Å². The molecular weight excluding hydrogens is 252 g/mol. The van der Waals surface area contributed by atoms with Crippen LogP contribution in [-0.4, -0.2) is 31.2 Å². The fourth-order valence-electron chi connectivity index (χ4n) is 1.27. The molecule has 0 aromatic heterocycles. The molecule has 18 heavy (non-hydrogen) atoms. The number of hydrogen-bond acceptors (Lipinski definition) is 4. The van der Waals surface area contributed by atoms with Crippen LogP contribution in [0.4, 0.5) is 0 Å². The number of thiocarbonyl (C=S) groups is 1. The Morgan fingerprint density at radius 3 is 2.78 bits per heavy atom. The average Bonchev–Trinajstić information content (AvgIpc) is 2.34. The highest BCUT2D eigenvalue weighted by molar-refractivity contribution is 7.80. The lowest BCUT2D eigenvalue weighted by Crippen LogP contribution is -2.35. The zero-order valence-electron chi connectivity index (χ0n) is 10.4. The van der Waals surface area contributed by atoms with E-state index >= 15 is 0 Å². The summed E-state index contributed by atoms with van der Waals surface area (Å²) in [6.45, 7) is 2.01. The topological polar surface area (TPSA) is 73.6 Å². The third kappa shape index (κ3) is 4.58. The van der Waals surface area contributed by atoms with Gasteiger partial charge in [0.1, 0.15) is 0 Å². The van der Waals surface area contributed by atoms with Gasteiger partial charge in [0.2, 0.25) is 0 Å². The lowest BCUT2D eigenvalue weighted by atomic mass is 10.2. The van der Waals surface area contributed by atoms with Crippen LogP contribution in [0.1, 0.15) is 5.56 Å². The van der Waals surface area contributed by atoms with E-state index in [2.05, 4.69) is 17.5 Å². The van der Waals surface area contributed by atoms with Gasteiger partial charge in [-0.05, 0) is 24.6 Å². The fourth-order valence-corrected chi connectivity index (χ4v) is 1.35. The van der Waals surface area contributed by atoms with Crippen molar-refractivity contribution < 1.29 is 14.3 Å². The van der Waals surface area contributed by atoms with E-state index in [1.807, 2.05) is 19.1 Å². The van der Waals surface area contributed by atoms with Crippen molar-refractivity contribution in [3.8, 4) is 11.5 Å². The van der Waals surface area contributed by atoms with Crippen LogP contribution in [0.15, 0.2) is 18.2 Å². The number of nitrogens with two attached hydrogens (primary N) is 1. The molecule has 0 saturated carbocycles. The summed E-state index contributed by atoms with van der Waals surface area (Å²) >= 11 is 4.65. The number of ether oxygens (including phenoxy) is 2. The summed E-state index contributed by atoms with van der Waals surface area (Å²) in [5, 5.41) is 2.53. The number of carbonyl (C=O) groups excluding carboxylic acids is 1. The van der Waals surface area contributed by atoms with Gasteiger partial charge in [-0.3, -0.25) is 4.79 Å². The van der Waals surface area contributed by atoms with Gasteiger partial charge in [0.25, 0.3) is 5.91 Å².